The Morgan fingerprint density at radius 3 is 1.96 bits per heavy atom. The molecule has 6 nitrogen and oxygen atoms in total. The molecule has 0 heterocycles. The Bertz CT molecular complexity index is 819. The fourth-order valence-corrected chi connectivity index (χ4v) is 2.57. The zero-order valence-electron chi connectivity index (χ0n) is 14.0. The van der Waals surface area contributed by atoms with Gasteiger partial charge < -0.3 is 19.7 Å². The monoisotopic (exact) mass is 410 g/mol. The molecule has 0 spiro atoms. The van der Waals surface area contributed by atoms with Crippen molar-refractivity contribution >= 4 is 41.2 Å². The summed E-state index contributed by atoms with van der Waals surface area (Å²) in [5, 5.41) is 21.7. The molecule has 0 saturated heterocycles. The van der Waals surface area contributed by atoms with Crippen LogP contribution in [-0.2, 0) is 9.53 Å². The summed E-state index contributed by atoms with van der Waals surface area (Å²) in [6.45, 7) is -0.689. The molecule has 0 bridgehead atoms. The van der Waals surface area contributed by atoms with Crippen LogP contribution in [0.1, 0.15) is 27.1 Å². The van der Waals surface area contributed by atoms with E-state index in [2.05, 4.69) is 0 Å². The SMILES string of the molecule is O=CC[C@@](O)(C(=O)c1ccc(Cl)cc1)[C@H](O)COC(=O)c1ccc(Cl)cc1. The maximum atomic E-state index is 12.6. The molecule has 8 heteroatoms. The van der Waals surface area contributed by atoms with Crippen molar-refractivity contribution in [2.45, 2.75) is 18.1 Å². The maximum Gasteiger partial charge on any atom is 0.338 e. The van der Waals surface area contributed by atoms with E-state index in [1.54, 1.807) is 0 Å². The third-order valence-electron chi connectivity index (χ3n) is 3.90. The van der Waals surface area contributed by atoms with Crippen LogP contribution < -0.4 is 0 Å². The number of esters is 1. The molecule has 142 valence electrons. The van der Waals surface area contributed by atoms with Crippen LogP contribution in [0.4, 0.5) is 0 Å². The lowest BCUT2D eigenvalue weighted by molar-refractivity contribution is -0.118. The number of halogens is 2. The molecule has 0 aliphatic carbocycles. The molecule has 0 aliphatic rings. The summed E-state index contributed by atoms with van der Waals surface area (Å²) < 4.78 is 4.95. The highest BCUT2D eigenvalue weighted by atomic mass is 35.5. The second kappa shape index (κ2) is 9.10. The summed E-state index contributed by atoms with van der Waals surface area (Å²) in [6.07, 6.45) is -2.19. The number of aliphatic hydroxyl groups is 2. The fourth-order valence-electron chi connectivity index (χ4n) is 2.32. The average Bonchev–Trinajstić information content (AvgIpc) is 2.66. The second-order valence-corrected chi connectivity index (χ2v) is 6.63. The lowest BCUT2D eigenvalue weighted by Gasteiger charge is -2.29. The third-order valence-corrected chi connectivity index (χ3v) is 4.40. The van der Waals surface area contributed by atoms with Crippen LogP contribution in [0, 0.1) is 0 Å². The first-order chi connectivity index (χ1) is 12.8. The zero-order chi connectivity index (χ0) is 20.0. The standard InChI is InChI=1S/C19H16Cl2O6/c20-14-5-1-12(2-6-14)17(24)19(26,9-10-22)16(23)11-27-18(25)13-3-7-15(21)8-4-13/h1-8,10,16,23,26H,9,11H2/t16-,19+/m1/s1. The highest BCUT2D eigenvalue weighted by Gasteiger charge is 2.44. The number of carbonyl (C=O) groups is 3. The van der Waals surface area contributed by atoms with E-state index in [4.69, 9.17) is 27.9 Å². The van der Waals surface area contributed by atoms with Crippen LogP contribution in [-0.4, -0.2) is 46.6 Å². The van der Waals surface area contributed by atoms with Crippen molar-refractivity contribution in [1.82, 2.24) is 0 Å². The van der Waals surface area contributed by atoms with Gasteiger partial charge in [-0.05, 0) is 48.5 Å². The minimum atomic E-state index is -2.45. The predicted octanol–water partition coefficient (Wildman–Crippen LogP) is 2.71. The van der Waals surface area contributed by atoms with Gasteiger partial charge >= 0.3 is 5.97 Å². The van der Waals surface area contributed by atoms with Crippen LogP contribution >= 0.6 is 23.2 Å². The molecular weight excluding hydrogens is 395 g/mol. The first-order valence-corrected chi connectivity index (χ1v) is 8.60. The van der Waals surface area contributed by atoms with E-state index >= 15 is 0 Å². The van der Waals surface area contributed by atoms with Crippen molar-refractivity contribution in [3.63, 3.8) is 0 Å². The molecule has 2 aromatic rings. The van der Waals surface area contributed by atoms with Gasteiger partial charge in [-0.2, -0.15) is 0 Å². The number of benzene rings is 2. The predicted molar refractivity (Wildman–Crippen MR) is 99.2 cm³/mol. The largest absolute Gasteiger partial charge is 0.459 e. The van der Waals surface area contributed by atoms with E-state index in [1.807, 2.05) is 0 Å². The van der Waals surface area contributed by atoms with E-state index in [0.717, 1.165) is 0 Å². The van der Waals surface area contributed by atoms with E-state index in [9.17, 15) is 24.6 Å². The van der Waals surface area contributed by atoms with Crippen molar-refractivity contribution in [3.05, 3.63) is 69.7 Å². The number of carbonyl (C=O) groups excluding carboxylic acids is 3. The van der Waals surface area contributed by atoms with Crippen LogP contribution in [0.2, 0.25) is 10.0 Å². The molecule has 0 radical (unpaired) electrons. The number of aldehydes is 1. The Labute approximate surface area is 165 Å². The molecule has 2 rings (SSSR count). The zero-order valence-corrected chi connectivity index (χ0v) is 15.5. The summed E-state index contributed by atoms with van der Waals surface area (Å²) in [7, 11) is 0. The van der Waals surface area contributed by atoms with Crippen LogP contribution in [0.15, 0.2) is 48.5 Å². The number of ketones is 1. The van der Waals surface area contributed by atoms with Gasteiger partial charge in [-0.15, -0.1) is 0 Å². The van der Waals surface area contributed by atoms with Gasteiger partial charge in [0.2, 0.25) is 0 Å². The van der Waals surface area contributed by atoms with E-state index < -0.39 is 36.5 Å². The third kappa shape index (κ3) is 5.14. The molecule has 0 saturated carbocycles. The lowest BCUT2D eigenvalue weighted by atomic mass is 9.85. The average molecular weight is 411 g/mol. The van der Waals surface area contributed by atoms with Crippen molar-refractivity contribution < 1.29 is 29.3 Å². The number of rotatable bonds is 8. The van der Waals surface area contributed by atoms with E-state index in [0.29, 0.717) is 16.3 Å². The molecule has 2 atom stereocenters. The molecular formula is C19H16Cl2O6. The number of ether oxygens (including phenoxy) is 1. The van der Waals surface area contributed by atoms with E-state index in [-0.39, 0.29) is 11.1 Å². The molecule has 0 fully saturated rings. The van der Waals surface area contributed by atoms with E-state index in [1.165, 1.54) is 48.5 Å². The van der Waals surface area contributed by atoms with Crippen molar-refractivity contribution in [1.29, 1.82) is 0 Å². The summed E-state index contributed by atoms with van der Waals surface area (Å²) in [5.74, 6) is -1.67. The van der Waals surface area contributed by atoms with Gasteiger partial charge in [0.1, 0.15) is 19.0 Å². The minimum absolute atomic E-state index is 0.0480. The number of aliphatic hydroxyl groups excluding tert-OH is 1. The molecule has 2 aromatic carbocycles. The van der Waals surface area contributed by atoms with Gasteiger partial charge in [-0.25, -0.2) is 4.79 Å². The number of Topliss-reactive ketones (excluding diaryl/α,β-unsaturated/α-hetero) is 1. The topological polar surface area (TPSA) is 101 Å². The quantitative estimate of drug-likeness (QED) is 0.394. The molecule has 0 aromatic heterocycles. The van der Waals surface area contributed by atoms with Gasteiger partial charge in [0.05, 0.1) is 5.56 Å². The fraction of sp³-hybridized carbons (Fsp3) is 0.211. The first-order valence-electron chi connectivity index (χ1n) is 7.85. The number of hydrogen-bond acceptors (Lipinski definition) is 6. The Hall–Kier alpha value is -2.25. The minimum Gasteiger partial charge on any atom is -0.459 e. The van der Waals surface area contributed by atoms with Gasteiger partial charge in [0, 0.05) is 22.0 Å². The number of hydrogen-bond donors (Lipinski definition) is 2. The summed E-state index contributed by atoms with van der Waals surface area (Å²) >= 11 is 11.5. The van der Waals surface area contributed by atoms with Crippen molar-refractivity contribution in [2.75, 3.05) is 6.61 Å². The molecule has 2 N–H and O–H groups in total. The van der Waals surface area contributed by atoms with Crippen LogP contribution in [0.3, 0.4) is 0 Å². The molecule has 0 amide bonds. The maximum absolute atomic E-state index is 12.6. The Morgan fingerprint density at radius 2 is 1.48 bits per heavy atom. The molecule has 27 heavy (non-hydrogen) atoms. The Balaban J connectivity index is 2.12. The van der Waals surface area contributed by atoms with Crippen molar-refractivity contribution in [2.24, 2.45) is 0 Å². The highest BCUT2D eigenvalue weighted by molar-refractivity contribution is 6.31. The first kappa shape index (κ1) is 21.1. The highest BCUT2D eigenvalue weighted by Crippen LogP contribution is 2.23. The van der Waals surface area contributed by atoms with Crippen LogP contribution in [0.25, 0.3) is 0 Å². The summed E-state index contributed by atoms with van der Waals surface area (Å²) in [4.78, 5) is 35.5. The lowest BCUT2D eigenvalue weighted by Crippen LogP contribution is -2.52. The van der Waals surface area contributed by atoms with Crippen molar-refractivity contribution in [3.8, 4) is 0 Å². The molecule has 0 aliphatic heterocycles. The molecule has 0 unspecified atom stereocenters. The summed E-state index contributed by atoms with van der Waals surface area (Å²) in [6, 6.07) is 11.4. The van der Waals surface area contributed by atoms with Crippen LogP contribution in [0.5, 0.6) is 0 Å². The Morgan fingerprint density at radius 1 is 1.00 bits per heavy atom. The van der Waals surface area contributed by atoms with Gasteiger partial charge in [-0.1, -0.05) is 23.2 Å². The van der Waals surface area contributed by atoms with Gasteiger partial charge in [0.15, 0.2) is 11.4 Å². The summed E-state index contributed by atoms with van der Waals surface area (Å²) in [5.41, 5.74) is -2.23. The van der Waals surface area contributed by atoms with Gasteiger partial charge in [-0.3, -0.25) is 4.79 Å². The van der Waals surface area contributed by atoms with Gasteiger partial charge in [0.25, 0.3) is 0 Å². The second-order valence-electron chi connectivity index (χ2n) is 5.75. The smallest absolute Gasteiger partial charge is 0.338 e. The Kier molecular flexibility index (Phi) is 7.10. The normalized spacial score (nSPS) is 14.1.